The average molecular weight is 478 g/mol. The van der Waals surface area contributed by atoms with E-state index in [0.29, 0.717) is 12.8 Å². The maximum Gasteiger partial charge on any atom is 0.326 e. The predicted octanol–water partition coefficient (Wildman–Crippen LogP) is -1.41. The highest BCUT2D eigenvalue weighted by Crippen LogP contribution is 2.19. The molecule has 0 aromatic heterocycles. The minimum Gasteiger partial charge on any atom is -0.508 e. The van der Waals surface area contributed by atoms with Gasteiger partial charge in [0.25, 0.3) is 0 Å². The van der Waals surface area contributed by atoms with Crippen molar-refractivity contribution in [2.45, 2.75) is 63.2 Å². The van der Waals surface area contributed by atoms with E-state index in [4.69, 9.17) is 11.5 Å². The Kier molecular flexibility index (Phi) is 9.36. The molecule has 12 nitrogen and oxygen atoms in total. The van der Waals surface area contributed by atoms with Crippen LogP contribution in [0.25, 0.3) is 0 Å². The van der Waals surface area contributed by atoms with Gasteiger partial charge in [0.1, 0.15) is 23.9 Å². The Morgan fingerprint density at radius 1 is 1.15 bits per heavy atom. The molecular formula is C22H31N5O7. The molecule has 0 bridgehead atoms. The van der Waals surface area contributed by atoms with Gasteiger partial charge in [0, 0.05) is 13.0 Å². The summed E-state index contributed by atoms with van der Waals surface area (Å²) in [7, 11) is 0. The zero-order valence-electron chi connectivity index (χ0n) is 18.9. The highest BCUT2D eigenvalue weighted by atomic mass is 16.4. The highest BCUT2D eigenvalue weighted by Gasteiger charge is 2.38. The smallest absolute Gasteiger partial charge is 0.326 e. The van der Waals surface area contributed by atoms with Crippen LogP contribution in [-0.2, 0) is 30.4 Å². The van der Waals surface area contributed by atoms with Crippen molar-refractivity contribution in [3.63, 3.8) is 0 Å². The number of carbonyl (C=O) groups excluding carboxylic acids is 4. The number of primary amides is 1. The van der Waals surface area contributed by atoms with Crippen LogP contribution in [0.15, 0.2) is 24.3 Å². The number of aromatic hydroxyl groups is 1. The van der Waals surface area contributed by atoms with Crippen molar-refractivity contribution in [1.82, 2.24) is 15.5 Å². The minimum absolute atomic E-state index is 0.0905. The Morgan fingerprint density at radius 2 is 1.79 bits per heavy atom. The maximum absolute atomic E-state index is 12.9. The maximum atomic E-state index is 12.9. The van der Waals surface area contributed by atoms with E-state index in [2.05, 4.69) is 10.6 Å². The second kappa shape index (κ2) is 12.0. The zero-order valence-corrected chi connectivity index (χ0v) is 18.9. The molecule has 1 aromatic rings. The molecule has 0 aliphatic carbocycles. The Morgan fingerprint density at radius 3 is 2.38 bits per heavy atom. The fraction of sp³-hybridized carbons (Fsp3) is 0.500. The van der Waals surface area contributed by atoms with E-state index in [1.165, 1.54) is 24.0 Å². The lowest BCUT2D eigenvalue weighted by atomic mass is 10.1. The van der Waals surface area contributed by atoms with Crippen LogP contribution < -0.4 is 22.1 Å². The van der Waals surface area contributed by atoms with Crippen LogP contribution in [0.3, 0.4) is 0 Å². The molecule has 4 amide bonds. The van der Waals surface area contributed by atoms with Crippen molar-refractivity contribution in [2.75, 3.05) is 6.54 Å². The normalized spacial score (nSPS) is 17.9. The molecule has 1 aliphatic heterocycles. The van der Waals surface area contributed by atoms with Gasteiger partial charge in [-0.2, -0.15) is 0 Å². The number of carbonyl (C=O) groups is 5. The van der Waals surface area contributed by atoms with Gasteiger partial charge in [0.05, 0.1) is 6.04 Å². The molecule has 1 aliphatic rings. The summed E-state index contributed by atoms with van der Waals surface area (Å²) in [5, 5.41) is 23.6. The van der Waals surface area contributed by atoms with Crippen LogP contribution in [0.5, 0.6) is 5.75 Å². The van der Waals surface area contributed by atoms with Crippen LogP contribution in [0, 0.1) is 0 Å². The number of hydrogen-bond donors (Lipinski definition) is 6. The third kappa shape index (κ3) is 7.44. The molecule has 0 saturated carbocycles. The molecule has 8 N–H and O–H groups in total. The number of phenolic OH excluding ortho intramolecular Hbond substituents is 1. The molecule has 2 rings (SSSR count). The van der Waals surface area contributed by atoms with E-state index < -0.39 is 53.8 Å². The molecule has 4 atom stereocenters. The SMILES string of the molecule is CC(NC(=O)C(N)Cc1ccc(O)cc1)C(=O)N1CCCC1C(=O)NC(CCC(N)=O)C(=O)O. The number of aliphatic carboxylic acids is 1. The number of benzene rings is 1. The van der Waals surface area contributed by atoms with Crippen molar-refractivity contribution in [2.24, 2.45) is 11.5 Å². The standard InChI is InChI=1S/C22H31N5O7/c1-12(25-19(30)15(23)11-13-4-6-14(28)7-5-13)21(32)27-10-2-3-17(27)20(31)26-16(22(33)34)8-9-18(24)29/h4-7,12,15-17,28H,2-3,8-11,23H2,1H3,(H2,24,29)(H,25,30)(H,26,31)(H,33,34). The van der Waals surface area contributed by atoms with E-state index in [-0.39, 0.29) is 31.6 Å². The van der Waals surface area contributed by atoms with E-state index >= 15 is 0 Å². The number of hydrogen-bond acceptors (Lipinski definition) is 7. The summed E-state index contributed by atoms with van der Waals surface area (Å²) >= 11 is 0. The Labute approximate surface area is 196 Å². The summed E-state index contributed by atoms with van der Waals surface area (Å²) < 4.78 is 0. The molecule has 0 radical (unpaired) electrons. The first-order valence-electron chi connectivity index (χ1n) is 11.0. The number of rotatable bonds is 11. The van der Waals surface area contributed by atoms with E-state index in [1.807, 2.05) is 0 Å². The molecule has 0 spiro atoms. The topological polar surface area (TPSA) is 205 Å². The number of nitrogens with zero attached hydrogens (tertiary/aromatic N) is 1. The van der Waals surface area contributed by atoms with Crippen LogP contribution in [0.1, 0.15) is 38.2 Å². The zero-order chi connectivity index (χ0) is 25.4. The van der Waals surface area contributed by atoms with Gasteiger partial charge in [0.15, 0.2) is 0 Å². The Balaban J connectivity index is 1.95. The van der Waals surface area contributed by atoms with Gasteiger partial charge in [-0.15, -0.1) is 0 Å². The summed E-state index contributed by atoms with van der Waals surface area (Å²) in [5.74, 6) is -3.60. The lowest BCUT2D eigenvalue weighted by molar-refractivity contribution is -0.145. The Bertz CT molecular complexity index is 921. The van der Waals surface area contributed by atoms with Gasteiger partial charge in [-0.25, -0.2) is 4.79 Å². The van der Waals surface area contributed by atoms with E-state index in [9.17, 15) is 34.2 Å². The van der Waals surface area contributed by atoms with Gasteiger partial charge in [0.2, 0.25) is 23.6 Å². The van der Waals surface area contributed by atoms with Gasteiger partial charge >= 0.3 is 5.97 Å². The molecule has 1 fully saturated rings. The molecule has 1 heterocycles. The van der Waals surface area contributed by atoms with Crippen LogP contribution in [-0.4, -0.2) is 75.4 Å². The summed E-state index contributed by atoms with van der Waals surface area (Å²) in [5.41, 5.74) is 11.7. The Hall–Kier alpha value is -3.67. The first-order chi connectivity index (χ1) is 16.0. The van der Waals surface area contributed by atoms with Crippen molar-refractivity contribution in [1.29, 1.82) is 0 Å². The second-order valence-corrected chi connectivity index (χ2v) is 8.30. The fourth-order valence-electron chi connectivity index (χ4n) is 3.72. The molecule has 186 valence electrons. The van der Waals surface area contributed by atoms with Crippen molar-refractivity contribution in [3.8, 4) is 5.75 Å². The molecular weight excluding hydrogens is 446 g/mol. The monoisotopic (exact) mass is 477 g/mol. The minimum atomic E-state index is -1.31. The number of carboxylic acids is 1. The third-order valence-electron chi connectivity index (χ3n) is 5.59. The molecule has 34 heavy (non-hydrogen) atoms. The van der Waals surface area contributed by atoms with Crippen LogP contribution in [0.4, 0.5) is 0 Å². The summed E-state index contributed by atoms with van der Waals surface area (Å²) in [6.45, 7) is 1.75. The van der Waals surface area contributed by atoms with Crippen molar-refractivity contribution < 1.29 is 34.2 Å². The van der Waals surface area contributed by atoms with E-state index in [1.54, 1.807) is 12.1 Å². The number of nitrogens with one attached hydrogen (secondary N) is 2. The quantitative estimate of drug-likeness (QED) is 0.223. The van der Waals surface area contributed by atoms with Gasteiger partial charge < -0.3 is 37.2 Å². The average Bonchev–Trinajstić information content (AvgIpc) is 3.27. The first-order valence-corrected chi connectivity index (χ1v) is 11.0. The number of amides is 4. The molecule has 4 unspecified atom stereocenters. The lowest BCUT2D eigenvalue weighted by Crippen LogP contribution is -2.56. The summed E-state index contributed by atoms with van der Waals surface area (Å²) in [6, 6.07) is 2.13. The van der Waals surface area contributed by atoms with Crippen molar-refractivity contribution >= 4 is 29.6 Å². The first kappa shape index (κ1) is 26.6. The number of likely N-dealkylation sites (tertiary alicyclic amines) is 1. The van der Waals surface area contributed by atoms with Gasteiger partial charge in [-0.05, 0) is 50.3 Å². The lowest BCUT2D eigenvalue weighted by Gasteiger charge is -2.28. The summed E-state index contributed by atoms with van der Waals surface area (Å²) in [6.07, 6.45) is 0.689. The van der Waals surface area contributed by atoms with Gasteiger partial charge in [-0.3, -0.25) is 19.2 Å². The van der Waals surface area contributed by atoms with E-state index in [0.717, 1.165) is 5.56 Å². The molecule has 1 aromatic carbocycles. The number of carboxylic acid groups (broad SMARTS) is 1. The third-order valence-corrected chi connectivity index (χ3v) is 5.59. The fourth-order valence-corrected chi connectivity index (χ4v) is 3.72. The highest BCUT2D eigenvalue weighted by molar-refractivity contribution is 5.94. The van der Waals surface area contributed by atoms with Crippen LogP contribution in [0.2, 0.25) is 0 Å². The number of phenols is 1. The molecule has 12 heteroatoms. The van der Waals surface area contributed by atoms with Gasteiger partial charge in [-0.1, -0.05) is 12.1 Å². The summed E-state index contributed by atoms with van der Waals surface area (Å²) in [4.78, 5) is 61.7. The largest absolute Gasteiger partial charge is 0.508 e. The molecule has 1 saturated heterocycles. The van der Waals surface area contributed by atoms with Crippen molar-refractivity contribution in [3.05, 3.63) is 29.8 Å². The second-order valence-electron chi connectivity index (χ2n) is 8.30. The number of nitrogens with two attached hydrogens (primary N) is 2. The van der Waals surface area contributed by atoms with Crippen LogP contribution >= 0.6 is 0 Å². The predicted molar refractivity (Wildman–Crippen MR) is 120 cm³/mol.